The summed E-state index contributed by atoms with van der Waals surface area (Å²) < 4.78 is 11.4. The van der Waals surface area contributed by atoms with Crippen molar-refractivity contribution < 1.29 is 14.3 Å². The molecule has 1 saturated carbocycles. The van der Waals surface area contributed by atoms with E-state index in [1.54, 1.807) is 0 Å². The first-order chi connectivity index (χ1) is 9.72. The molecular formula is C17H18O3. The molecule has 1 aliphatic heterocycles. The quantitative estimate of drug-likeness (QED) is 0.611. The zero-order chi connectivity index (χ0) is 13.7. The van der Waals surface area contributed by atoms with Crippen LogP contribution in [-0.2, 0) is 27.1 Å². The predicted molar refractivity (Wildman–Crippen MR) is 74.2 cm³/mol. The Kier molecular flexibility index (Phi) is 2.55. The van der Waals surface area contributed by atoms with Gasteiger partial charge in [0.05, 0.1) is 6.61 Å². The van der Waals surface area contributed by atoms with Crippen LogP contribution in [0.3, 0.4) is 0 Å². The highest BCUT2D eigenvalue weighted by molar-refractivity contribution is 5.81. The van der Waals surface area contributed by atoms with Gasteiger partial charge in [0, 0.05) is 17.4 Å². The van der Waals surface area contributed by atoms with Crippen molar-refractivity contribution in [2.75, 3.05) is 6.61 Å². The molecule has 2 aliphatic carbocycles. The fraction of sp³-hybridized carbons (Fsp3) is 0.471. The molecule has 3 atom stereocenters. The van der Waals surface area contributed by atoms with Crippen molar-refractivity contribution in [1.29, 1.82) is 0 Å². The first-order valence-corrected chi connectivity index (χ1v) is 7.23. The molecule has 0 bridgehead atoms. The minimum absolute atomic E-state index is 0.0359. The molecule has 104 valence electrons. The highest BCUT2D eigenvalue weighted by atomic mass is 16.6. The number of carbonyl (C=O) groups excluding carboxylic acids is 1. The third-order valence-corrected chi connectivity index (χ3v) is 5.15. The molecule has 0 radical (unpaired) electrons. The largest absolute Gasteiger partial charge is 0.456 e. The molecule has 3 nitrogen and oxygen atoms in total. The van der Waals surface area contributed by atoms with Crippen molar-refractivity contribution in [3.05, 3.63) is 48.0 Å². The molecule has 1 spiro atoms. The van der Waals surface area contributed by atoms with Gasteiger partial charge in [0.1, 0.15) is 12.2 Å². The molecule has 2 fully saturated rings. The molecule has 0 N–H and O–H groups in total. The van der Waals surface area contributed by atoms with Gasteiger partial charge in [-0.15, -0.1) is 0 Å². The Morgan fingerprint density at radius 3 is 2.60 bits per heavy atom. The van der Waals surface area contributed by atoms with E-state index in [1.807, 2.05) is 0 Å². The Balaban J connectivity index is 1.66. The van der Waals surface area contributed by atoms with Crippen LogP contribution in [0, 0.1) is 11.3 Å². The molecule has 1 unspecified atom stereocenters. The van der Waals surface area contributed by atoms with Gasteiger partial charge in [0.25, 0.3) is 0 Å². The standard InChI is InChI=1S/C17H18O3/c1-2-14(18)20-16-15-13(10-19-15)9-17(16)7-11-5-3-4-6-12(11)8-17/h2-6,13,15-16H,1,7-10H2/t13-,15?,16+/m0/s1. The van der Waals surface area contributed by atoms with Crippen LogP contribution in [0.25, 0.3) is 0 Å². The highest BCUT2D eigenvalue weighted by Crippen LogP contribution is 2.56. The molecule has 1 heterocycles. The van der Waals surface area contributed by atoms with Crippen LogP contribution in [0.4, 0.5) is 0 Å². The SMILES string of the molecule is C=CC(=O)O[C@@H]1C2OC[C@@H]2CC12Cc1ccccc1C2. The van der Waals surface area contributed by atoms with E-state index >= 15 is 0 Å². The average molecular weight is 270 g/mol. The third kappa shape index (κ3) is 1.59. The smallest absolute Gasteiger partial charge is 0.330 e. The van der Waals surface area contributed by atoms with E-state index in [2.05, 4.69) is 30.8 Å². The monoisotopic (exact) mass is 270 g/mol. The summed E-state index contributed by atoms with van der Waals surface area (Å²) in [5.41, 5.74) is 2.83. The molecule has 1 saturated heterocycles. The maximum atomic E-state index is 11.7. The molecule has 0 aromatic heterocycles. The van der Waals surface area contributed by atoms with Gasteiger partial charge >= 0.3 is 5.97 Å². The second kappa shape index (κ2) is 4.19. The Labute approximate surface area is 118 Å². The summed E-state index contributed by atoms with van der Waals surface area (Å²) in [5, 5.41) is 0. The maximum Gasteiger partial charge on any atom is 0.330 e. The minimum Gasteiger partial charge on any atom is -0.456 e. The van der Waals surface area contributed by atoms with Crippen LogP contribution in [-0.4, -0.2) is 24.8 Å². The van der Waals surface area contributed by atoms with Gasteiger partial charge in [0.2, 0.25) is 0 Å². The van der Waals surface area contributed by atoms with Crippen LogP contribution in [0.1, 0.15) is 17.5 Å². The van der Waals surface area contributed by atoms with Gasteiger partial charge in [-0.2, -0.15) is 0 Å². The molecule has 1 aromatic carbocycles. The van der Waals surface area contributed by atoms with Crippen LogP contribution >= 0.6 is 0 Å². The van der Waals surface area contributed by atoms with E-state index in [1.165, 1.54) is 17.2 Å². The molecule has 3 aliphatic rings. The lowest BCUT2D eigenvalue weighted by atomic mass is 9.80. The Hall–Kier alpha value is -1.61. The second-order valence-electron chi connectivity index (χ2n) is 6.31. The van der Waals surface area contributed by atoms with Crippen LogP contribution in [0.2, 0.25) is 0 Å². The van der Waals surface area contributed by atoms with E-state index in [0.717, 1.165) is 25.9 Å². The van der Waals surface area contributed by atoms with Gasteiger partial charge in [-0.25, -0.2) is 4.79 Å². The van der Waals surface area contributed by atoms with Crippen molar-refractivity contribution in [3.63, 3.8) is 0 Å². The summed E-state index contributed by atoms with van der Waals surface area (Å²) in [6.45, 7) is 4.31. The molecular weight excluding hydrogens is 252 g/mol. The molecule has 3 heteroatoms. The average Bonchev–Trinajstić information content (AvgIpc) is 2.89. The minimum atomic E-state index is -0.332. The van der Waals surface area contributed by atoms with Gasteiger partial charge < -0.3 is 9.47 Å². The summed E-state index contributed by atoms with van der Waals surface area (Å²) in [6.07, 6.45) is 4.30. The Morgan fingerprint density at radius 2 is 2.05 bits per heavy atom. The maximum absolute atomic E-state index is 11.7. The van der Waals surface area contributed by atoms with Crippen LogP contribution < -0.4 is 0 Å². The highest BCUT2D eigenvalue weighted by Gasteiger charge is 2.61. The van der Waals surface area contributed by atoms with E-state index in [9.17, 15) is 4.79 Å². The number of esters is 1. The molecule has 0 amide bonds. The summed E-state index contributed by atoms with van der Waals surface area (Å²) in [4.78, 5) is 11.7. The lowest BCUT2D eigenvalue weighted by Gasteiger charge is -2.36. The summed E-state index contributed by atoms with van der Waals surface area (Å²) in [6, 6.07) is 8.56. The van der Waals surface area contributed by atoms with E-state index in [4.69, 9.17) is 9.47 Å². The van der Waals surface area contributed by atoms with Crippen molar-refractivity contribution in [2.24, 2.45) is 11.3 Å². The number of ether oxygens (including phenoxy) is 2. The normalized spacial score (nSPS) is 32.3. The first kappa shape index (κ1) is 12.2. The Morgan fingerprint density at radius 1 is 1.35 bits per heavy atom. The second-order valence-corrected chi connectivity index (χ2v) is 6.31. The van der Waals surface area contributed by atoms with Crippen LogP contribution in [0.15, 0.2) is 36.9 Å². The number of rotatable bonds is 2. The van der Waals surface area contributed by atoms with Crippen molar-refractivity contribution >= 4 is 5.97 Å². The van der Waals surface area contributed by atoms with E-state index in [0.29, 0.717) is 5.92 Å². The van der Waals surface area contributed by atoms with Gasteiger partial charge in [-0.1, -0.05) is 30.8 Å². The zero-order valence-corrected chi connectivity index (χ0v) is 11.4. The number of carbonyl (C=O) groups is 1. The summed E-state index contributed by atoms with van der Waals surface area (Å²) in [7, 11) is 0. The summed E-state index contributed by atoms with van der Waals surface area (Å²) in [5.74, 6) is 0.216. The summed E-state index contributed by atoms with van der Waals surface area (Å²) >= 11 is 0. The molecule has 1 aromatic rings. The molecule has 4 rings (SSSR count). The van der Waals surface area contributed by atoms with E-state index in [-0.39, 0.29) is 23.6 Å². The molecule has 20 heavy (non-hydrogen) atoms. The fourth-order valence-electron chi connectivity index (χ4n) is 4.27. The van der Waals surface area contributed by atoms with Crippen molar-refractivity contribution in [2.45, 2.75) is 31.5 Å². The Bertz CT molecular complexity index is 552. The number of hydrogen-bond donors (Lipinski definition) is 0. The van der Waals surface area contributed by atoms with Crippen molar-refractivity contribution in [1.82, 2.24) is 0 Å². The number of fused-ring (bicyclic) bond motifs is 2. The van der Waals surface area contributed by atoms with E-state index < -0.39 is 0 Å². The first-order valence-electron chi connectivity index (χ1n) is 7.23. The van der Waals surface area contributed by atoms with Gasteiger partial charge in [-0.05, 0) is 30.4 Å². The zero-order valence-electron chi connectivity index (χ0n) is 11.4. The lowest BCUT2D eigenvalue weighted by Crippen LogP contribution is -2.47. The van der Waals surface area contributed by atoms with Gasteiger partial charge in [0.15, 0.2) is 0 Å². The van der Waals surface area contributed by atoms with Crippen LogP contribution in [0.5, 0.6) is 0 Å². The topological polar surface area (TPSA) is 35.5 Å². The number of benzene rings is 1. The predicted octanol–water partition coefficient (Wildman–Crippen LogP) is 2.29. The number of hydrogen-bond acceptors (Lipinski definition) is 3. The van der Waals surface area contributed by atoms with Crippen molar-refractivity contribution in [3.8, 4) is 0 Å². The fourth-order valence-corrected chi connectivity index (χ4v) is 4.27. The lowest BCUT2D eigenvalue weighted by molar-refractivity contribution is -0.176. The third-order valence-electron chi connectivity index (χ3n) is 5.15. The van der Waals surface area contributed by atoms with Gasteiger partial charge in [-0.3, -0.25) is 0 Å².